The lowest BCUT2D eigenvalue weighted by atomic mass is 9.97. The Balaban J connectivity index is 2.56. The number of ether oxygens (including phenoxy) is 1. The van der Waals surface area contributed by atoms with E-state index in [2.05, 4.69) is 31.4 Å². The number of anilines is 1. The number of nitrogens with one attached hydrogen (secondary N) is 2. The molecule has 0 unspecified atom stereocenters. The fourth-order valence-electron chi connectivity index (χ4n) is 1.26. The van der Waals surface area contributed by atoms with Gasteiger partial charge in [-0.05, 0) is 29.8 Å². The lowest BCUT2D eigenvalue weighted by Crippen LogP contribution is -2.35. The molecule has 0 fully saturated rings. The Morgan fingerprint density at radius 3 is 2.53 bits per heavy atom. The Bertz CT molecular complexity index is 385. The lowest BCUT2D eigenvalue weighted by molar-refractivity contribution is 0.409. The van der Waals surface area contributed by atoms with Gasteiger partial charge in [-0.1, -0.05) is 32.9 Å². The predicted molar refractivity (Wildman–Crippen MR) is 76.7 cm³/mol. The molecule has 1 rings (SSSR count). The molecule has 2 N–H and O–H groups in total. The first kappa shape index (κ1) is 13.8. The van der Waals surface area contributed by atoms with Gasteiger partial charge in [0.1, 0.15) is 5.75 Å². The van der Waals surface area contributed by atoms with Crippen LogP contribution in [0.3, 0.4) is 0 Å². The van der Waals surface area contributed by atoms with Crippen LogP contribution in [0.2, 0.25) is 0 Å². The maximum absolute atomic E-state index is 5.24. The Kier molecular flexibility index (Phi) is 4.75. The summed E-state index contributed by atoms with van der Waals surface area (Å²) in [6, 6.07) is 7.70. The molecule has 0 heterocycles. The van der Waals surface area contributed by atoms with Crippen molar-refractivity contribution in [2.24, 2.45) is 5.41 Å². The van der Waals surface area contributed by atoms with E-state index in [9.17, 15) is 0 Å². The van der Waals surface area contributed by atoms with Crippen molar-refractivity contribution in [2.75, 3.05) is 19.0 Å². The number of thiocarbonyl (C=S) groups is 1. The minimum absolute atomic E-state index is 0.201. The van der Waals surface area contributed by atoms with Gasteiger partial charge in [0.15, 0.2) is 5.11 Å². The zero-order valence-corrected chi connectivity index (χ0v) is 11.6. The van der Waals surface area contributed by atoms with Crippen LogP contribution in [0.25, 0.3) is 0 Å². The fraction of sp³-hybridized carbons (Fsp3) is 0.462. The summed E-state index contributed by atoms with van der Waals surface area (Å²) in [6.45, 7) is 7.30. The van der Waals surface area contributed by atoms with Crippen molar-refractivity contribution in [3.63, 3.8) is 0 Å². The summed E-state index contributed by atoms with van der Waals surface area (Å²) in [5.41, 5.74) is 1.08. The zero-order valence-electron chi connectivity index (χ0n) is 10.8. The highest BCUT2D eigenvalue weighted by Gasteiger charge is 2.10. The molecular formula is C13H20N2OS. The van der Waals surface area contributed by atoms with Crippen LogP contribution in [0.15, 0.2) is 24.3 Å². The first-order valence-corrected chi connectivity index (χ1v) is 6.01. The molecule has 0 saturated heterocycles. The van der Waals surface area contributed by atoms with Gasteiger partial charge in [0, 0.05) is 6.54 Å². The van der Waals surface area contributed by atoms with E-state index in [-0.39, 0.29) is 5.41 Å². The third kappa shape index (κ3) is 5.04. The Morgan fingerprint density at radius 2 is 1.94 bits per heavy atom. The minimum Gasteiger partial charge on any atom is -0.495 e. The van der Waals surface area contributed by atoms with Crippen LogP contribution in [0.5, 0.6) is 5.75 Å². The van der Waals surface area contributed by atoms with Gasteiger partial charge in [0.25, 0.3) is 0 Å². The number of benzene rings is 1. The molecule has 0 spiro atoms. The second kappa shape index (κ2) is 5.87. The molecule has 94 valence electrons. The van der Waals surface area contributed by atoms with E-state index in [1.165, 1.54) is 0 Å². The Hall–Kier alpha value is -1.29. The van der Waals surface area contributed by atoms with Gasteiger partial charge in [-0.25, -0.2) is 0 Å². The van der Waals surface area contributed by atoms with Crippen LogP contribution in [0.4, 0.5) is 5.69 Å². The maximum Gasteiger partial charge on any atom is 0.170 e. The molecule has 0 saturated carbocycles. The molecular weight excluding hydrogens is 232 g/mol. The van der Waals surface area contributed by atoms with E-state index in [0.717, 1.165) is 18.0 Å². The normalized spacial score (nSPS) is 10.8. The molecule has 1 aromatic rings. The van der Waals surface area contributed by atoms with Crippen molar-refractivity contribution in [2.45, 2.75) is 20.8 Å². The quantitative estimate of drug-likeness (QED) is 0.810. The molecule has 4 heteroatoms. The summed E-state index contributed by atoms with van der Waals surface area (Å²) in [5, 5.41) is 6.93. The van der Waals surface area contributed by atoms with Gasteiger partial charge in [-0.3, -0.25) is 0 Å². The van der Waals surface area contributed by atoms with Crippen molar-refractivity contribution in [3.05, 3.63) is 24.3 Å². The summed E-state index contributed by atoms with van der Waals surface area (Å²) >= 11 is 5.23. The van der Waals surface area contributed by atoms with Crippen molar-refractivity contribution in [1.82, 2.24) is 5.32 Å². The van der Waals surface area contributed by atoms with Crippen molar-refractivity contribution >= 4 is 23.0 Å². The molecule has 0 aromatic heterocycles. The van der Waals surface area contributed by atoms with Crippen LogP contribution >= 0.6 is 12.2 Å². The van der Waals surface area contributed by atoms with E-state index in [1.807, 2.05) is 24.3 Å². The van der Waals surface area contributed by atoms with Crippen LogP contribution in [0, 0.1) is 5.41 Å². The Morgan fingerprint density at radius 1 is 1.29 bits per heavy atom. The molecule has 17 heavy (non-hydrogen) atoms. The summed E-state index contributed by atoms with van der Waals surface area (Å²) in [7, 11) is 1.64. The summed E-state index contributed by atoms with van der Waals surface area (Å²) in [4.78, 5) is 0. The highest BCUT2D eigenvalue weighted by atomic mass is 32.1. The molecule has 3 nitrogen and oxygen atoms in total. The standard InChI is InChI=1S/C13H20N2OS/c1-13(2,3)9-14-12(17)15-10-7-5-6-8-11(10)16-4/h5-8H,9H2,1-4H3,(H2,14,15,17). The second-order valence-electron chi connectivity index (χ2n) is 5.07. The van der Waals surface area contributed by atoms with Crippen LogP contribution in [0.1, 0.15) is 20.8 Å². The molecule has 0 bridgehead atoms. The largest absolute Gasteiger partial charge is 0.495 e. The van der Waals surface area contributed by atoms with E-state index in [4.69, 9.17) is 17.0 Å². The second-order valence-corrected chi connectivity index (χ2v) is 5.48. The smallest absolute Gasteiger partial charge is 0.170 e. The van der Waals surface area contributed by atoms with E-state index >= 15 is 0 Å². The van der Waals surface area contributed by atoms with E-state index in [1.54, 1.807) is 7.11 Å². The van der Waals surface area contributed by atoms with Gasteiger partial charge >= 0.3 is 0 Å². The van der Waals surface area contributed by atoms with Crippen molar-refractivity contribution in [3.8, 4) is 5.75 Å². The van der Waals surface area contributed by atoms with Gasteiger partial charge in [0.2, 0.25) is 0 Å². The van der Waals surface area contributed by atoms with Gasteiger partial charge in [-0.2, -0.15) is 0 Å². The molecule has 0 aliphatic heterocycles. The van der Waals surface area contributed by atoms with Gasteiger partial charge in [0.05, 0.1) is 12.8 Å². The fourth-order valence-corrected chi connectivity index (χ4v) is 1.44. The molecule has 0 aliphatic carbocycles. The Labute approximate surface area is 109 Å². The topological polar surface area (TPSA) is 33.3 Å². The van der Waals surface area contributed by atoms with Gasteiger partial charge in [-0.15, -0.1) is 0 Å². The van der Waals surface area contributed by atoms with Crippen LogP contribution in [-0.2, 0) is 0 Å². The average Bonchev–Trinajstić information content (AvgIpc) is 2.26. The lowest BCUT2D eigenvalue weighted by Gasteiger charge is -2.20. The molecule has 0 radical (unpaired) electrons. The van der Waals surface area contributed by atoms with E-state index in [0.29, 0.717) is 5.11 Å². The maximum atomic E-state index is 5.24. The number of para-hydroxylation sites is 2. The van der Waals surface area contributed by atoms with E-state index < -0.39 is 0 Å². The molecule has 0 aliphatic rings. The zero-order chi connectivity index (χ0) is 12.9. The number of hydrogen-bond acceptors (Lipinski definition) is 2. The van der Waals surface area contributed by atoms with Crippen molar-refractivity contribution < 1.29 is 4.74 Å². The first-order chi connectivity index (χ1) is 7.92. The molecule has 0 atom stereocenters. The highest BCUT2D eigenvalue weighted by molar-refractivity contribution is 7.80. The number of hydrogen-bond donors (Lipinski definition) is 2. The summed E-state index contributed by atoms with van der Waals surface area (Å²) < 4.78 is 5.24. The SMILES string of the molecule is COc1ccccc1NC(=S)NCC(C)(C)C. The van der Waals surface area contributed by atoms with Crippen LogP contribution in [-0.4, -0.2) is 18.8 Å². The number of rotatable bonds is 3. The third-order valence-corrected chi connectivity index (χ3v) is 2.38. The average molecular weight is 252 g/mol. The number of methoxy groups -OCH3 is 1. The third-order valence-electron chi connectivity index (χ3n) is 2.13. The molecule has 0 amide bonds. The highest BCUT2D eigenvalue weighted by Crippen LogP contribution is 2.22. The minimum atomic E-state index is 0.201. The summed E-state index contributed by atoms with van der Waals surface area (Å²) in [6.07, 6.45) is 0. The monoisotopic (exact) mass is 252 g/mol. The molecule has 1 aromatic carbocycles. The van der Waals surface area contributed by atoms with Crippen molar-refractivity contribution in [1.29, 1.82) is 0 Å². The summed E-state index contributed by atoms with van der Waals surface area (Å²) in [5.74, 6) is 0.785. The first-order valence-electron chi connectivity index (χ1n) is 5.60. The van der Waals surface area contributed by atoms with Gasteiger partial charge < -0.3 is 15.4 Å². The van der Waals surface area contributed by atoms with Crippen LogP contribution < -0.4 is 15.4 Å². The predicted octanol–water partition coefficient (Wildman–Crippen LogP) is 3.03.